The summed E-state index contributed by atoms with van der Waals surface area (Å²) in [5, 5.41) is 10.9. The van der Waals surface area contributed by atoms with E-state index >= 15 is 0 Å². The molecule has 6 nitrogen and oxygen atoms in total. The standard InChI is InChI=1S/C25H13N2O4/c1-27-19(25(29)23-14-17-8-3-5-12-21(17)31-23)10-6-9-18(15-26)24(28)22-13-16-7-2-4-11-20(16)30-22/h2-14H/q-1. The van der Waals surface area contributed by atoms with Crippen molar-refractivity contribution in [3.05, 3.63) is 119 Å². The molecular formula is C25H13N2O4-. The van der Waals surface area contributed by atoms with Gasteiger partial charge in [0.2, 0.25) is 17.3 Å². The Bertz CT molecular complexity index is 1420. The van der Waals surface area contributed by atoms with Crippen molar-refractivity contribution in [3.63, 3.8) is 0 Å². The van der Waals surface area contributed by atoms with Gasteiger partial charge in [0.05, 0.1) is 6.57 Å². The predicted molar refractivity (Wildman–Crippen MR) is 117 cm³/mol. The van der Waals surface area contributed by atoms with Gasteiger partial charge >= 0.3 is 0 Å². The van der Waals surface area contributed by atoms with E-state index in [4.69, 9.17) is 15.4 Å². The van der Waals surface area contributed by atoms with Gasteiger partial charge in [-0.25, -0.2) is 4.85 Å². The summed E-state index contributed by atoms with van der Waals surface area (Å²) in [6.45, 7) is 7.29. The highest BCUT2D eigenvalue weighted by atomic mass is 16.3. The zero-order chi connectivity index (χ0) is 21.8. The van der Waals surface area contributed by atoms with Crippen LogP contribution in [0.15, 0.2) is 99.0 Å². The Balaban J connectivity index is 1.56. The fourth-order valence-electron chi connectivity index (χ4n) is 3.01. The van der Waals surface area contributed by atoms with Crippen LogP contribution < -0.4 is 0 Å². The third kappa shape index (κ3) is 3.90. The molecule has 148 valence electrons. The average Bonchev–Trinajstić information content (AvgIpc) is 3.42. The molecule has 0 amide bonds. The van der Waals surface area contributed by atoms with Gasteiger partial charge in [0.15, 0.2) is 11.5 Å². The van der Waals surface area contributed by atoms with Crippen LogP contribution in [-0.4, -0.2) is 17.4 Å². The third-order valence-electron chi connectivity index (χ3n) is 4.53. The van der Waals surface area contributed by atoms with Crippen molar-refractivity contribution in [1.82, 2.24) is 0 Å². The first-order valence-electron chi connectivity index (χ1n) is 9.20. The van der Waals surface area contributed by atoms with Crippen molar-refractivity contribution in [2.75, 3.05) is 0 Å². The molecule has 4 rings (SSSR count). The molecule has 0 N–H and O–H groups in total. The van der Waals surface area contributed by atoms with E-state index < -0.39 is 11.6 Å². The Labute approximate surface area is 176 Å². The van der Waals surface area contributed by atoms with Crippen LogP contribution in [0.25, 0.3) is 32.2 Å². The lowest BCUT2D eigenvalue weighted by Gasteiger charge is -1.97. The van der Waals surface area contributed by atoms with Gasteiger partial charge in [0.25, 0.3) is 0 Å². The topological polar surface area (TPSA) is 87.1 Å². The van der Waals surface area contributed by atoms with Crippen LogP contribution in [0.3, 0.4) is 0 Å². The monoisotopic (exact) mass is 405 g/mol. The average molecular weight is 405 g/mol. The van der Waals surface area contributed by atoms with Gasteiger partial charge in [-0.15, -0.1) is 0 Å². The van der Waals surface area contributed by atoms with Gasteiger partial charge in [-0.05, 0) is 30.3 Å². The van der Waals surface area contributed by atoms with Gasteiger partial charge in [-0.3, -0.25) is 15.5 Å². The maximum Gasteiger partial charge on any atom is 0.237 e. The lowest BCUT2D eigenvalue weighted by molar-refractivity contribution is 0.100. The molecule has 2 aromatic heterocycles. The van der Waals surface area contributed by atoms with Gasteiger partial charge in [0, 0.05) is 16.3 Å². The summed E-state index contributed by atoms with van der Waals surface area (Å²) in [7, 11) is 0. The summed E-state index contributed by atoms with van der Waals surface area (Å²) in [5.41, 5.74) is 0.695. The molecule has 4 aromatic rings. The van der Waals surface area contributed by atoms with Crippen LogP contribution in [0.1, 0.15) is 21.1 Å². The van der Waals surface area contributed by atoms with E-state index in [0.717, 1.165) is 10.8 Å². The van der Waals surface area contributed by atoms with E-state index in [-0.39, 0.29) is 22.8 Å². The number of hydrogen-bond acceptors (Lipinski definition) is 4. The minimum Gasteiger partial charge on any atom is -0.763 e. The number of carbonyl (C=O) groups excluding carboxylic acids is 2. The molecule has 2 heterocycles. The van der Waals surface area contributed by atoms with Crippen molar-refractivity contribution >= 4 is 39.4 Å². The summed E-state index contributed by atoms with van der Waals surface area (Å²) in [6.07, 6.45) is 3.80. The molecule has 0 unspecified atom stereocenters. The van der Waals surface area contributed by atoms with E-state index in [1.807, 2.05) is 18.0 Å². The number of allylic oxidation sites excluding steroid dienone is 5. The van der Waals surface area contributed by atoms with E-state index in [0.29, 0.717) is 11.2 Å². The third-order valence-corrected chi connectivity index (χ3v) is 4.53. The summed E-state index contributed by atoms with van der Waals surface area (Å²) in [5.74, 6) is 0.732. The second kappa shape index (κ2) is 8.34. The first-order valence-corrected chi connectivity index (χ1v) is 9.20. The number of fused-ring (bicyclic) bond motifs is 2. The fourth-order valence-corrected chi connectivity index (χ4v) is 3.01. The fraction of sp³-hybridized carbons (Fsp3) is 0. The number of furan rings is 2. The van der Waals surface area contributed by atoms with Crippen LogP contribution in [0.4, 0.5) is 0 Å². The Kier molecular flexibility index (Phi) is 5.27. The zero-order valence-electron chi connectivity index (χ0n) is 16.0. The lowest BCUT2D eigenvalue weighted by Crippen LogP contribution is -2.00. The number of benzene rings is 2. The zero-order valence-corrected chi connectivity index (χ0v) is 16.0. The van der Waals surface area contributed by atoms with E-state index in [1.54, 1.807) is 48.5 Å². The number of ketones is 2. The quantitative estimate of drug-likeness (QED) is 0.134. The summed E-state index contributed by atoms with van der Waals surface area (Å²) in [4.78, 5) is 28.4. The Morgan fingerprint density at radius 1 is 0.903 bits per heavy atom. The van der Waals surface area contributed by atoms with Crippen molar-refractivity contribution in [1.29, 1.82) is 0 Å². The summed E-state index contributed by atoms with van der Waals surface area (Å²) >= 11 is 0. The molecule has 0 saturated carbocycles. The second-order valence-corrected chi connectivity index (χ2v) is 6.50. The van der Waals surface area contributed by atoms with Crippen LogP contribution in [0, 0.1) is 6.57 Å². The Morgan fingerprint density at radius 3 is 1.97 bits per heavy atom. The van der Waals surface area contributed by atoms with Crippen LogP contribution >= 0.6 is 0 Å². The molecule has 0 spiro atoms. The van der Waals surface area contributed by atoms with E-state index in [1.165, 1.54) is 18.2 Å². The van der Waals surface area contributed by atoms with Crippen molar-refractivity contribution < 1.29 is 18.4 Å². The molecule has 31 heavy (non-hydrogen) atoms. The molecule has 0 radical (unpaired) electrons. The maximum absolute atomic E-state index is 12.6. The smallest absolute Gasteiger partial charge is 0.237 e. The number of rotatable bonds is 6. The molecule has 0 aliphatic carbocycles. The molecular weight excluding hydrogens is 392 g/mol. The molecule has 0 aliphatic heterocycles. The molecule has 0 aliphatic rings. The number of hydrogen-bond donors (Lipinski definition) is 0. The van der Waals surface area contributed by atoms with Gasteiger partial charge in [0.1, 0.15) is 11.2 Å². The molecule has 0 saturated heterocycles. The summed E-state index contributed by atoms with van der Waals surface area (Å²) < 4.78 is 11.0. The van der Waals surface area contributed by atoms with Crippen molar-refractivity contribution in [2.24, 2.45) is 0 Å². The van der Waals surface area contributed by atoms with E-state index in [2.05, 4.69) is 4.85 Å². The van der Waals surface area contributed by atoms with Gasteiger partial charge < -0.3 is 14.2 Å². The largest absolute Gasteiger partial charge is 0.763 e. The SMILES string of the molecule is [C-]#[N+]C(=CC=CC(=C=[N-])C(=O)c1cc2ccccc2o1)C(=O)c1cc2ccccc2o1. The number of carbonyl (C=O) groups is 2. The minimum atomic E-state index is -0.587. The Hall–Kier alpha value is -4.72. The number of Topliss-reactive ketones (excluding diaryl/α,β-unsaturated/α-hetero) is 2. The molecule has 0 bridgehead atoms. The normalized spacial score (nSPS) is 11.5. The lowest BCUT2D eigenvalue weighted by atomic mass is 10.1. The highest BCUT2D eigenvalue weighted by Crippen LogP contribution is 2.22. The molecule has 2 aromatic carbocycles. The van der Waals surface area contributed by atoms with Gasteiger partial charge in [-0.2, -0.15) is 0 Å². The molecule has 0 atom stereocenters. The predicted octanol–water partition coefficient (Wildman–Crippen LogP) is 5.77. The number of para-hydroxylation sites is 2. The van der Waals surface area contributed by atoms with Gasteiger partial charge in [-0.1, -0.05) is 48.6 Å². The second-order valence-electron chi connectivity index (χ2n) is 6.50. The van der Waals surface area contributed by atoms with Crippen LogP contribution in [0.2, 0.25) is 0 Å². The highest BCUT2D eigenvalue weighted by Gasteiger charge is 2.17. The highest BCUT2D eigenvalue weighted by molar-refractivity contribution is 6.16. The van der Waals surface area contributed by atoms with Crippen molar-refractivity contribution in [2.45, 2.75) is 0 Å². The first-order chi connectivity index (χ1) is 15.1. The summed E-state index contributed by atoms with van der Waals surface area (Å²) in [6, 6.07) is 17.4. The van der Waals surface area contributed by atoms with Crippen LogP contribution in [-0.2, 0) is 0 Å². The molecule has 0 fully saturated rings. The van der Waals surface area contributed by atoms with E-state index in [9.17, 15) is 15.0 Å². The minimum absolute atomic E-state index is 0.0372. The number of nitrogens with zero attached hydrogens (tertiary/aromatic N) is 2. The van der Waals surface area contributed by atoms with Crippen molar-refractivity contribution in [3.8, 4) is 0 Å². The van der Waals surface area contributed by atoms with Crippen LogP contribution in [0.5, 0.6) is 0 Å². The molecule has 6 heteroatoms. The Morgan fingerprint density at radius 2 is 1.45 bits per heavy atom. The maximum atomic E-state index is 12.6. The first kappa shape index (κ1) is 19.6.